The second-order valence-corrected chi connectivity index (χ2v) is 5.63. The SMILES string of the molecule is CCCC(N)CC(=O)Nc1cccc(C(=O)NC2CC2)c1. The summed E-state index contributed by atoms with van der Waals surface area (Å²) >= 11 is 0. The van der Waals surface area contributed by atoms with Gasteiger partial charge in [0.05, 0.1) is 0 Å². The summed E-state index contributed by atoms with van der Waals surface area (Å²) < 4.78 is 0. The molecule has 1 aromatic rings. The Morgan fingerprint density at radius 2 is 2.14 bits per heavy atom. The summed E-state index contributed by atoms with van der Waals surface area (Å²) in [6.07, 6.45) is 4.20. The summed E-state index contributed by atoms with van der Waals surface area (Å²) in [7, 11) is 0. The molecule has 5 heteroatoms. The van der Waals surface area contributed by atoms with E-state index in [0.29, 0.717) is 23.7 Å². The molecule has 0 radical (unpaired) electrons. The van der Waals surface area contributed by atoms with Crippen LogP contribution in [0.4, 0.5) is 5.69 Å². The Kier molecular flexibility index (Phi) is 5.33. The molecule has 1 fully saturated rings. The monoisotopic (exact) mass is 289 g/mol. The van der Waals surface area contributed by atoms with Gasteiger partial charge in [0.25, 0.3) is 5.91 Å². The maximum absolute atomic E-state index is 12.0. The fourth-order valence-electron chi connectivity index (χ4n) is 2.16. The molecule has 1 unspecified atom stereocenters. The lowest BCUT2D eigenvalue weighted by Gasteiger charge is -2.11. The molecule has 21 heavy (non-hydrogen) atoms. The molecule has 0 heterocycles. The zero-order valence-corrected chi connectivity index (χ0v) is 12.4. The van der Waals surface area contributed by atoms with Gasteiger partial charge in [0.15, 0.2) is 0 Å². The van der Waals surface area contributed by atoms with Crippen LogP contribution in [-0.4, -0.2) is 23.9 Å². The molecule has 1 saturated carbocycles. The van der Waals surface area contributed by atoms with Gasteiger partial charge in [-0.3, -0.25) is 9.59 Å². The number of hydrogen-bond donors (Lipinski definition) is 3. The van der Waals surface area contributed by atoms with Gasteiger partial charge >= 0.3 is 0 Å². The average molecular weight is 289 g/mol. The number of nitrogens with one attached hydrogen (secondary N) is 2. The van der Waals surface area contributed by atoms with Gasteiger partial charge in [0, 0.05) is 29.8 Å². The molecule has 0 saturated heterocycles. The molecule has 0 aromatic heterocycles. The van der Waals surface area contributed by atoms with E-state index in [2.05, 4.69) is 10.6 Å². The Morgan fingerprint density at radius 1 is 1.38 bits per heavy atom. The van der Waals surface area contributed by atoms with Gasteiger partial charge in [-0.05, 0) is 37.5 Å². The molecule has 0 aliphatic heterocycles. The highest BCUT2D eigenvalue weighted by molar-refractivity contribution is 5.97. The lowest BCUT2D eigenvalue weighted by Crippen LogP contribution is -2.27. The number of anilines is 1. The zero-order chi connectivity index (χ0) is 15.2. The molecule has 2 amide bonds. The number of rotatable bonds is 7. The molecule has 4 N–H and O–H groups in total. The standard InChI is InChI=1S/C16H23N3O2/c1-2-4-12(17)10-15(20)18-14-6-3-5-11(9-14)16(21)19-13-7-8-13/h3,5-6,9,12-13H,2,4,7-8,10,17H2,1H3,(H,18,20)(H,19,21). The first-order valence-corrected chi connectivity index (χ1v) is 7.55. The summed E-state index contributed by atoms with van der Waals surface area (Å²) in [6.45, 7) is 2.04. The van der Waals surface area contributed by atoms with Gasteiger partial charge in [-0.2, -0.15) is 0 Å². The Labute approximate surface area is 125 Å². The molecule has 0 spiro atoms. The molecule has 2 rings (SSSR count). The van der Waals surface area contributed by atoms with Crippen LogP contribution in [-0.2, 0) is 4.79 Å². The molecule has 5 nitrogen and oxygen atoms in total. The van der Waals surface area contributed by atoms with Gasteiger partial charge in [0.2, 0.25) is 5.91 Å². The number of hydrogen-bond acceptors (Lipinski definition) is 3. The van der Waals surface area contributed by atoms with Crippen molar-refractivity contribution in [2.45, 2.75) is 51.1 Å². The van der Waals surface area contributed by atoms with E-state index in [1.165, 1.54) is 0 Å². The summed E-state index contributed by atoms with van der Waals surface area (Å²) in [5.74, 6) is -0.202. The van der Waals surface area contributed by atoms with Crippen molar-refractivity contribution in [3.05, 3.63) is 29.8 Å². The minimum atomic E-state index is -0.115. The molecule has 0 bridgehead atoms. The highest BCUT2D eigenvalue weighted by atomic mass is 16.2. The maximum atomic E-state index is 12.0. The number of nitrogens with two attached hydrogens (primary N) is 1. The zero-order valence-electron chi connectivity index (χ0n) is 12.4. The third-order valence-electron chi connectivity index (χ3n) is 3.43. The van der Waals surface area contributed by atoms with Gasteiger partial charge in [-0.1, -0.05) is 19.4 Å². The normalized spacial score (nSPS) is 15.3. The maximum Gasteiger partial charge on any atom is 0.251 e. The third kappa shape index (κ3) is 5.19. The van der Waals surface area contributed by atoms with Crippen LogP contribution in [0.25, 0.3) is 0 Å². The fourth-order valence-corrected chi connectivity index (χ4v) is 2.16. The lowest BCUT2D eigenvalue weighted by atomic mass is 10.1. The van der Waals surface area contributed by atoms with E-state index in [4.69, 9.17) is 5.73 Å². The molecule has 1 aliphatic rings. The number of carbonyl (C=O) groups is 2. The molecular formula is C16H23N3O2. The summed E-state index contributed by atoms with van der Waals surface area (Å²) in [6, 6.07) is 7.19. The minimum Gasteiger partial charge on any atom is -0.349 e. The Hall–Kier alpha value is -1.88. The van der Waals surface area contributed by atoms with Crippen LogP contribution in [0.3, 0.4) is 0 Å². The van der Waals surface area contributed by atoms with Gasteiger partial charge < -0.3 is 16.4 Å². The molecule has 1 atom stereocenters. The van der Waals surface area contributed by atoms with E-state index in [-0.39, 0.29) is 17.9 Å². The fraction of sp³-hybridized carbons (Fsp3) is 0.500. The predicted molar refractivity (Wildman–Crippen MR) is 83.1 cm³/mol. The largest absolute Gasteiger partial charge is 0.349 e. The van der Waals surface area contributed by atoms with Crippen LogP contribution in [0, 0.1) is 0 Å². The average Bonchev–Trinajstić information content (AvgIpc) is 3.23. The van der Waals surface area contributed by atoms with Crippen LogP contribution in [0.5, 0.6) is 0 Å². The quantitative estimate of drug-likeness (QED) is 0.718. The third-order valence-corrected chi connectivity index (χ3v) is 3.43. The van der Waals surface area contributed by atoms with Crippen molar-refractivity contribution < 1.29 is 9.59 Å². The van der Waals surface area contributed by atoms with E-state index >= 15 is 0 Å². The molecular weight excluding hydrogens is 266 g/mol. The van der Waals surface area contributed by atoms with Crippen molar-refractivity contribution >= 4 is 17.5 Å². The highest BCUT2D eigenvalue weighted by Gasteiger charge is 2.23. The Bertz CT molecular complexity index is 512. The summed E-state index contributed by atoms with van der Waals surface area (Å²) in [5.41, 5.74) is 7.05. The van der Waals surface area contributed by atoms with Crippen LogP contribution < -0.4 is 16.4 Å². The van der Waals surface area contributed by atoms with Crippen LogP contribution >= 0.6 is 0 Å². The van der Waals surface area contributed by atoms with E-state index in [0.717, 1.165) is 25.7 Å². The first-order valence-electron chi connectivity index (χ1n) is 7.55. The number of amides is 2. The molecule has 114 valence electrons. The van der Waals surface area contributed by atoms with Crippen molar-refractivity contribution in [1.29, 1.82) is 0 Å². The summed E-state index contributed by atoms with van der Waals surface area (Å²) in [5, 5.41) is 5.72. The first-order chi connectivity index (χ1) is 10.1. The van der Waals surface area contributed by atoms with E-state index in [9.17, 15) is 9.59 Å². The predicted octanol–water partition coefficient (Wildman–Crippen LogP) is 2.03. The minimum absolute atomic E-state index is 0.0868. The highest BCUT2D eigenvalue weighted by Crippen LogP contribution is 2.20. The number of benzene rings is 1. The summed E-state index contributed by atoms with van der Waals surface area (Å²) in [4.78, 5) is 23.8. The smallest absolute Gasteiger partial charge is 0.251 e. The van der Waals surface area contributed by atoms with E-state index in [1.807, 2.05) is 6.92 Å². The van der Waals surface area contributed by atoms with Crippen molar-refractivity contribution in [1.82, 2.24) is 5.32 Å². The Morgan fingerprint density at radius 3 is 2.81 bits per heavy atom. The van der Waals surface area contributed by atoms with Crippen LogP contribution in [0.15, 0.2) is 24.3 Å². The lowest BCUT2D eigenvalue weighted by molar-refractivity contribution is -0.116. The van der Waals surface area contributed by atoms with Crippen molar-refractivity contribution in [3.63, 3.8) is 0 Å². The van der Waals surface area contributed by atoms with Crippen molar-refractivity contribution in [2.24, 2.45) is 5.73 Å². The molecule has 1 aromatic carbocycles. The first kappa shape index (κ1) is 15.5. The van der Waals surface area contributed by atoms with Gasteiger partial charge in [-0.15, -0.1) is 0 Å². The van der Waals surface area contributed by atoms with E-state index < -0.39 is 0 Å². The van der Waals surface area contributed by atoms with Crippen molar-refractivity contribution in [2.75, 3.05) is 5.32 Å². The topological polar surface area (TPSA) is 84.2 Å². The number of carbonyl (C=O) groups excluding carboxylic acids is 2. The van der Waals surface area contributed by atoms with Gasteiger partial charge in [-0.25, -0.2) is 0 Å². The Balaban J connectivity index is 1.90. The van der Waals surface area contributed by atoms with Crippen LogP contribution in [0.2, 0.25) is 0 Å². The second-order valence-electron chi connectivity index (χ2n) is 5.63. The van der Waals surface area contributed by atoms with E-state index in [1.54, 1.807) is 24.3 Å². The van der Waals surface area contributed by atoms with Crippen molar-refractivity contribution in [3.8, 4) is 0 Å². The van der Waals surface area contributed by atoms with Gasteiger partial charge in [0.1, 0.15) is 0 Å². The second kappa shape index (κ2) is 7.22. The van der Waals surface area contributed by atoms with Crippen LogP contribution in [0.1, 0.15) is 49.4 Å². The molecule has 1 aliphatic carbocycles.